The van der Waals surface area contributed by atoms with E-state index in [-0.39, 0.29) is 12.1 Å². The summed E-state index contributed by atoms with van der Waals surface area (Å²) in [5.74, 6) is -0.525. The van der Waals surface area contributed by atoms with Gasteiger partial charge in [0.2, 0.25) is 5.91 Å². The van der Waals surface area contributed by atoms with Gasteiger partial charge in [0.1, 0.15) is 5.82 Å². The first kappa shape index (κ1) is 18.8. The van der Waals surface area contributed by atoms with E-state index in [1.807, 2.05) is 29.2 Å². The summed E-state index contributed by atoms with van der Waals surface area (Å²) in [4.78, 5) is 45.5. The van der Waals surface area contributed by atoms with Crippen molar-refractivity contribution in [2.75, 3.05) is 7.11 Å². The van der Waals surface area contributed by atoms with Crippen molar-refractivity contribution < 1.29 is 14.3 Å². The molecule has 1 amide bonds. The second kappa shape index (κ2) is 7.48. The molecule has 1 aromatic heterocycles. The molecule has 0 fully saturated rings. The van der Waals surface area contributed by atoms with Crippen molar-refractivity contribution in [3.05, 3.63) is 75.3 Å². The van der Waals surface area contributed by atoms with Gasteiger partial charge in [-0.25, -0.2) is 9.78 Å². The zero-order valence-corrected chi connectivity index (χ0v) is 15.8. The molecule has 0 saturated carbocycles. The second-order valence-corrected chi connectivity index (χ2v) is 7.03. The second-order valence-electron chi connectivity index (χ2n) is 7.03. The van der Waals surface area contributed by atoms with E-state index < -0.39 is 17.9 Å². The van der Waals surface area contributed by atoms with Crippen molar-refractivity contribution in [2.45, 2.75) is 25.6 Å². The number of methoxy groups -OCH3 is 1. The number of nitrogens with one attached hydrogen (secondary N) is 1. The number of aromatic amines is 1. The molecule has 8 nitrogen and oxygen atoms in total. The van der Waals surface area contributed by atoms with Crippen LogP contribution in [-0.2, 0) is 29.0 Å². The Hall–Kier alpha value is -3.52. The van der Waals surface area contributed by atoms with Crippen LogP contribution in [0.4, 0.5) is 0 Å². The number of primary amides is 1. The molecule has 0 radical (unpaired) electrons. The molecule has 0 spiro atoms. The average molecular weight is 392 g/mol. The molecule has 3 aromatic rings. The fourth-order valence-corrected chi connectivity index (χ4v) is 3.72. The van der Waals surface area contributed by atoms with Crippen molar-refractivity contribution in [1.29, 1.82) is 0 Å². The average Bonchev–Trinajstić information content (AvgIpc) is 2.72. The van der Waals surface area contributed by atoms with Gasteiger partial charge in [-0.3, -0.25) is 14.5 Å². The molecule has 2 heterocycles. The molecule has 8 heteroatoms. The molecular weight excluding hydrogens is 372 g/mol. The zero-order valence-electron chi connectivity index (χ0n) is 15.8. The number of nitrogens with two attached hydrogens (primary N) is 1. The Kier molecular flexibility index (Phi) is 4.85. The summed E-state index contributed by atoms with van der Waals surface area (Å²) in [6.45, 7) is 0.767. The maximum Gasteiger partial charge on any atom is 0.337 e. The van der Waals surface area contributed by atoms with E-state index in [9.17, 15) is 14.4 Å². The van der Waals surface area contributed by atoms with Crippen LogP contribution >= 0.6 is 0 Å². The van der Waals surface area contributed by atoms with E-state index in [0.29, 0.717) is 35.3 Å². The molecule has 29 heavy (non-hydrogen) atoms. The molecule has 3 N–H and O–H groups in total. The fraction of sp³-hybridized carbons (Fsp3) is 0.238. The molecule has 1 atom stereocenters. The highest BCUT2D eigenvalue weighted by Gasteiger charge is 2.30. The Morgan fingerprint density at radius 3 is 2.72 bits per heavy atom. The third kappa shape index (κ3) is 3.62. The Morgan fingerprint density at radius 2 is 2.00 bits per heavy atom. The quantitative estimate of drug-likeness (QED) is 0.643. The van der Waals surface area contributed by atoms with E-state index >= 15 is 0 Å². The first-order chi connectivity index (χ1) is 14.0. The van der Waals surface area contributed by atoms with E-state index in [2.05, 4.69) is 9.97 Å². The van der Waals surface area contributed by atoms with Gasteiger partial charge in [-0.2, -0.15) is 0 Å². The third-order valence-electron chi connectivity index (χ3n) is 5.20. The van der Waals surface area contributed by atoms with Crippen LogP contribution in [0.3, 0.4) is 0 Å². The van der Waals surface area contributed by atoms with Gasteiger partial charge in [0, 0.05) is 6.54 Å². The van der Waals surface area contributed by atoms with Crippen LogP contribution in [-0.4, -0.2) is 39.9 Å². The SMILES string of the molecule is COC(=O)c1ccc2c(=O)[nH]c(CN3Cc4ccccc4CC3C(N)=O)nc2c1. The van der Waals surface area contributed by atoms with Crippen molar-refractivity contribution in [2.24, 2.45) is 5.73 Å². The summed E-state index contributed by atoms with van der Waals surface area (Å²) in [6.07, 6.45) is 0.510. The summed E-state index contributed by atoms with van der Waals surface area (Å²) >= 11 is 0. The van der Waals surface area contributed by atoms with Crippen molar-refractivity contribution in [1.82, 2.24) is 14.9 Å². The van der Waals surface area contributed by atoms with Gasteiger partial charge >= 0.3 is 5.97 Å². The topological polar surface area (TPSA) is 118 Å². The lowest BCUT2D eigenvalue weighted by Gasteiger charge is -2.34. The molecular formula is C21H20N4O4. The highest BCUT2D eigenvalue weighted by molar-refractivity contribution is 5.94. The van der Waals surface area contributed by atoms with Crippen LogP contribution in [0.1, 0.15) is 27.3 Å². The summed E-state index contributed by atoms with van der Waals surface area (Å²) in [5, 5.41) is 0.372. The van der Waals surface area contributed by atoms with Gasteiger partial charge in [0.25, 0.3) is 5.56 Å². The Balaban J connectivity index is 1.70. The van der Waals surface area contributed by atoms with E-state index in [4.69, 9.17) is 10.5 Å². The normalized spacial score (nSPS) is 16.4. The van der Waals surface area contributed by atoms with Gasteiger partial charge in [-0.05, 0) is 35.7 Å². The number of benzene rings is 2. The number of nitrogens with zero attached hydrogens (tertiary/aromatic N) is 2. The fourth-order valence-electron chi connectivity index (χ4n) is 3.72. The molecule has 148 valence electrons. The zero-order chi connectivity index (χ0) is 20.5. The molecule has 1 aliphatic rings. The number of hydrogen-bond acceptors (Lipinski definition) is 6. The first-order valence-corrected chi connectivity index (χ1v) is 9.17. The monoisotopic (exact) mass is 392 g/mol. The Bertz CT molecular complexity index is 1170. The molecule has 0 bridgehead atoms. The lowest BCUT2D eigenvalue weighted by molar-refractivity contribution is -0.124. The van der Waals surface area contributed by atoms with E-state index in [1.165, 1.54) is 19.2 Å². The molecule has 1 aliphatic heterocycles. The number of carbonyl (C=O) groups excluding carboxylic acids is 2. The number of aromatic nitrogens is 2. The number of ether oxygens (including phenoxy) is 1. The maximum absolute atomic E-state index is 12.5. The van der Waals surface area contributed by atoms with E-state index in [0.717, 1.165) is 11.1 Å². The summed E-state index contributed by atoms with van der Waals surface area (Å²) in [5.41, 5.74) is 8.23. The number of esters is 1. The highest BCUT2D eigenvalue weighted by atomic mass is 16.5. The number of hydrogen-bond donors (Lipinski definition) is 2. The smallest absolute Gasteiger partial charge is 0.337 e. The molecule has 1 unspecified atom stereocenters. The molecule has 2 aromatic carbocycles. The van der Waals surface area contributed by atoms with Crippen LogP contribution in [0.15, 0.2) is 47.3 Å². The molecule has 0 aliphatic carbocycles. The van der Waals surface area contributed by atoms with Gasteiger partial charge in [0.15, 0.2) is 0 Å². The van der Waals surface area contributed by atoms with Crippen LogP contribution in [0.2, 0.25) is 0 Å². The minimum Gasteiger partial charge on any atom is -0.465 e. The summed E-state index contributed by atoms with van der Waals surface area (Å²) < 4.78 is 4.73. The number of carbonyl (C=O) groups is 2. The number of amides is 1. The largest absolute Gasteiger partial charge is 0.465 e. The van der Waals surface area contributed by atoms with Gasteiger partial charge in [-0.15, -0.1) is 0 Å². The minimum absolute atomic E-state index is 0.246. The minimum atomic E-state index is -0.503. The number of rotatable bonds is 4. The van der Waals surface area contributed by atoms with Crippen LogP contribution in [0, 0.1) is 0 Å². The van der Waals surface area contributed by atoms with Gasteiger partial charge < -0.3 is 15.5 Å². The predicted octanol–water partition coefficient (Wildman–Crippen LogP) is 1.12. The Morgan fingerprint density at radius 1 is 1.24 bits per heavy atom. The van der Waals surface area contributed by atoms with Crippen LogP contribution < -0.4 is 11.3 Å². The van der Waals surface area contributed by atoms with Gasteiger partial charge in [-0.1, -0.05) is 24.3 Å². The number of H-pyrrole nitrogens is 1. The Labute approximate surface area is 166 Å². The summed E-state index contributed by atoms with van der Waals surface area (Å²) in [7, 11) is 1.29. The van der Waals surface area contributed by atoms with Crippen molar-refractivity contribution >= 4 is 22.8 Å². The molecule has 0 saturated heterocycles. The van der Waals surface area contributed by atoms with E-state index in [1.54, 1.807) is 6.07 Å². The maximum atomic E-state index is 12.5. The summed E-state index contributed by atoms with van der Waals surface area (Å²) in [6, 6.07) is 12.0. The van der Waals surface area contributed by atoms with Crippen LogP contribution in [0.5, 0.6) is 0 Å². The lowest BCUT2D eigenvalue weighted by atomic mass is 9.93. The molecule has 4 rings (SSSR count). The highest BCUT2D eigenvalue weighted by Crippen LogP contribution is 2.24. The van der Waals surface area contributed by atoms with Crippen molar-refractivity contribution in [3.63, 3.8) is 0 Å². The lowest BCUT2D eigenvalue weighted by Crippen LogP contribution is -2.48. The standard InChI is InChI=1S/C21H20N4O4/c1-29-21(28)13-6-7-15-16(8-13)23-18(24-20(15)27)11-25-10-14-5-3-2-4-12(14)9-17(25)19(22)26/h2-8,17H,9-11H2,1H3,(H2,22,26)(H,23,24,27). The van der Waals surface area contributed by atoms with Crippen molar-refractivity contribution in [3.8, 4) is 0 Å². The third-order valence-corrected chi connectivity index (χ3v) is 5.20. The van der Waals surface area contributed by atoms with Gasteiger partial charge in [0.05, 0.1) is 36.2 Å². The van der Waals surface area contributed by atoms with Crippen LogP contribution in [0.25, 0.3) is 10.9 Å². The number of fused-ring (bicyclic) bond motifs is 2. The first-order valence-electron chi connectivity index (χ1n) is 9.17. The predicted molar refractivity (Wildman–Crippen MR) is 106 cm³/mol.